The van der Waals surface area contributed by atoms with Crippen LogP contribution in [0.4, 0.5) is 14.5 Å². The third kappa shape index (κ3) is 1.97. The number of nitrogens with zero attached hydrogens (tertiary/aromatic N) is 1. The highest BCUT2D eigenvalue weighted by molar-refractivity contribution is 5.95. The van der Waals surface area contributed by atoms with E-state index in [2.05, 4.69) is 5.32 Å². The Hall–Kier alpha value is -1.49. The zero-order valence-corrected chi connectivity index (χ0v) is 7.96. The molecule has 3 nitrogen and oxygen atoms in total. The van der Waals surface area contributed by atoms with Crippen molar-refractivity contribution in [2.24, 2.45) is 0 Å². The van der Waals surface area contributed by atoms with Gasteiger partial charge in [0.15, 0.2) is 11.6 Å². The maximum atomic E-state index is 12.9. The van der Waals surface area contributed by atoms with Crippen LogP contribution < -0.4 is 10.2 Å². The first-order valence-electron chi connectivity index (χ1n) is 4.64. The van der Waals surface area contributed by atoms with Gasteiger partial charge in [-0.15, -0.1) is 0 Å². The minimum Gasteiger partial charge on any atom is -0.310 e. The molecule has 1 aliphatic rings. The van der Waals surface area contributed by atoms with Crippen molar-refractivity contribution in [2.45, 2.75) is 0 Å². The molecule has 2 rings (SSSR count). The Morgan fingerprint density at radius 3 is 2.73 bits per heavy atom. The highest BCUT2D eigenvalue weighted by Gasteiger charge is 2.19. The fraction of sp³-hybridized carbons (Fsp3) is 0.300. The first kappa shape index (κ1) is 10.0. The van der Waals surface area contributed by atoms with Crippen LogP contribution in [0.2, 0.25) is 0 Å². The average molecular weight is 212 g/mol. The highest BCUT2D eigenvalue weighted by Crippen LogP contribution is 2.18. The van der Waals surface area contributed by atoms with E-state index in [-0.39, 0.29) is 12.5 Å². The number of carbonyl (C=O) groups is 1. The van der Waals surface area contributed by atoms with Crippen molar-refractivity contribution in [2.75, 3.05) is 24.5 Å². The number of carbonyl (C=O) groups excluding carboxylic acids is 1. The minimum absolute atomic E-state index is 0.132. The maximum Gasteiger partial charge on any atom is 0.240 e. The number of halogens is 2. The predicted molar refractivity (Wildman–Crippen MR) is 51.6 cm³/mol. The van der Waals surface area contributed by atoms with E-state index in [0.717, 1.165) is 12.1 Å². The maximum absolute atomic E-state index is 12.9. The van der Waals surface area contributed by atoms with Gasteiger partial charge in [-0.2, -0.15) is 0 Å². The van der Waals surface area contributed by atoms with Crippen molar-refractivity contribution in [3.05, 3.63) is 29.8 Å². The summed E-state index contributed by atoms with van der Waals surface area (Å²) >= 11 is 0. The van der Waals surface area contributed by atoms with E-state index in [4.69, 9.17) is 0 Å². The smallest absolute Gasteiger partial charge is 0.240 e. The number of hydrogen-bond acceptors (Lipinski definition) is 2. The van der Waals surface area contributed by atoms with Crippen LogP contribution in [0.1, 0.15) is 0 Å². The van der Waals surface area contributed by atoms with Crippen molar-refractivity contribution < 1.29 is 13.6 Å². The molecule has 1 heterocycles. The van der Waals surface area contributed by atoms with Gasteiger partial charge in [-0.3, -0.25) is 4.79 Å². The lowest BCUT2D eigenvalue weighted by Crippen LogP contribution is -2.48. The van der Waals surface area contributed by atoms with Crippen LogP contribution in [-0.4, -0.2) is 25.5 Å². The summed E-state index contributed by atoms with van der Waals surface area (Å²) in [6.45, 7) is 1.37. The number of hydrogen-bond donors (Lipinski definition) is 1. The molecular formula is C10H10F2N2O. The lowest BCUT2D eigenvalue weighted by atomic mass is 10.2. The topological polar surface area (TPSA) is 32.3 Å². The van der Waals surface area contributed by atoms with Crippen LogP contribution in [-0.2, 0) is 4.79 Å². The zero-order chi connectivity index (χ0) is 10.8. The van der Waals surface area contributed by atoms with E-state index in [1.54, 1.807) is 0 Å². The quantitative estimate of drug-likeness (QED) is 0.750. The minimum atomic E-state index is -0.932. The van der Waals surface area contributed by atoms with E-state index in [9.17, 15) is 13.6 Å². The van der Waals surface area contributed by atoms with Crippen LogP contribution in [0.25, 0.3) is 0 Å². The summed E-state index contributed by atoms with van der Waals surface area (Å²) in [5.41, 5.74) is 0.403. The lowest BCUT2D eigenvalue weighted by Gasteiger charge is -2.27. The van der Waals surface area contributed by atoms with E-state index in [1.807, 2.05) is 0 Å². The second-order valence-electron chi connectivity index (χ2n) is 3.32. The second-order valence-corrected chi connectivity index (χ2v) is 3.32. The molecule has 0 bridgehead atoms. The Balaban J connectivity index is 2.28. The number of anilines is 1. The second kappa shape index (κ2) is 3.94. The predicted octanol–water partition coefficient (Wildman–Crippen LogP) is 0.901. The molecule has 80 valence electrons. The molecule has 1 amide bonds. The SMILES string of the molecule is O=C1CNCCN1c1ccc(F)c(F)c1. The van der Waals surface area contributed by atoms with Crippen LogP contribution in [0.5, 0.6) is 0 Å². The molecule has 0 atom stereocenters. The van der Waals surface area contributed by atoms with E-state index in [0.29, 0.717) is 18.8 Å². The van der Waals surface area contributed by atoms with Crippen molar-refractivity contribution in [3.8, 4) is 0 Å². The summed E-state index contributed by atoms with van der Waals surface area (Å²) in [5.74, 6) is -1.97. The molecule has 0 aromatic heterocycles. The molecular weight excluding hydrogens is 202 g/mol. The highest BCUT2D eigenvalue weighted by atomic mass is 19.2. The van der Waals surface area contributed by atoms with Crippen LogP contribution >= 0.6 is 0 Å². The Kier molecular flexibility index (Phi) is 2.64. The summed E-state index contributed by atoms with van der Waals surface area (Å²) < 4.78 is 25.6. The van der Waals surface area contributed by atoms with Gasteiger partial charge in [0, 0.05) is 24.8 Å². The van der Waals surface area contributed by atoms with E-state index in [1.165, 1.54) is 11.0 Å². The van der Waals surface area contributed by atoms with E-state index < -0.39 is 11.6 Å². The Morgan fingerprint density at radius 2 is 2.07 bits per heavy atom. The van der Waals surface area contributed by atoms with Gasteiger partial charge < -0.3 is 10.2 Å². The van der Waals surface area contributed by atoms with Crippen molar-refractivity contribution >= 4 is 11.6 Å². The lowest BCUT2D eigenvalue weighted by molar-refractivity contribution is -0.118. The number of nitrogens with one attached hydrogen (secondary N) is 1. The molecule has 1 aromatic carbocycles. The first-order chi connectivity index (χ1) is 7.18. The van der Waals surface area contributed by atoms with Gasteiger partial charge in [-0.05, 0) is 12.1 Å². The number of amides is 1. The fourth-order valence-electron chi connectivity index (χ4n) is 1.53. The molecule has 0 radical (unpaired) electrons. The van der Waals surface area contributed by atoms with Crippen molar-refractivity contribution in [1.82, 2.24) is 5.32 Å². The van der Waals surface area contributed by atoms with Crippen LogP contribution in [0.15, 0.2) is 18.2 Å². The molecule has 0 spiro atoms. The number of rotatable bonds is 1. The van der Waals surface area contributed by atoms with Crippen molar-refractivity contribution in [1.29, 1.82) is 0 Å². The van der Waals surface area contributed by atoms with Gasteiger partial charge in [0.25, 0.3) is 0 Å². The Morgan fingerprint density at radius 1 is 1.27 bits per heavy atom. The normalized spacial score (nSPS) is 16.9. The Labute approximate surface area is 85.7 Å². The van der Waals surface area contributed by atoms with Crippen LogP contribution in [0.3, 0.4) is 0 Å². The van der Waals surface area contributed by atoms with E-state index >= 15 is 0 Å². The molecule has 0 aliphatic carbocycles. The zero-order valence-electron chi connectivity index (χ0n) is 7.96. The largest absolute Gasteiger partial charge is 0.310 e. The summed E-state index contributed by atoms with van der Waals surface area (Å²) in [4.78, 5) is 12.9. The molecule has 5 heteroatoms. The van der Waals surface area contributed by atoms with Gasteiger partial charge in [0.2, 0.25) is 5.91 Å². The number of piperazine rings is 1. The molecule has 0 unspecified atom stereocenters. The molecule has 1 N–H and O–H groups in total. The molecule has 1 fully saturated rings. The first-order valence-corrected chi connectivity index (χ1v) is 4.64. The molecule has 15 heavy (non-hydrogen) atoms. The molecule has 1 aromatic rings. The van der Waals surface area contributed by atoms with Gasteiger partial charge in [0.05, 0.1) is 6.54 Å². The average Bonchev–Trinajstić information content (AvgIpc) is 2.23. The van der Waals surface area contributed by atoms with Crippen LogP contribution in [0, 0.1) is 11.6 Å². The molecule has 1 saturated heterocycles. The molecule has 0 saturated carbocycles. The summed E-state index contributed by atoms with van der Waals surface area (Å²) in [7, 11) is 0. The summed E-state index contributed by atoms with van der Waals surface area (Å²) in [5, 5.41) is 2.90. The summed E-state index contributed by atoms with van der Waals surface area (Å²) in [6.07, 6.45) is 0. The van der Waals surface area contributed by atoms with Gasteiger partial charge in [0.1, 0.15) is 0 Å². The fourth-order valence-corrected chi connectivity index (χ4v) is 1.53. The number of benzene rings is 1. The van der Waals surface area contributed by atoms with Gasteiger partial charge in [-0.1, -0.05) is 0 Å². The standard InChI is InChI=1S/C10H10F2N2O/c11-8-2-1-7(5-9(8)12)14-4-3-13-6-10(14)15/h1-2,5,13H,3-4,6H2. The third-order valence-corrected chi connectivity index (χ3v) is 2.30. The molecule has 1 aliphatic heterocycles. The third-order valence-electron chi connectivity index (χ3n) is 2.30. The van der Waals surface area contributed by atoms with Gasteiger partial charge in [-0.25, -0.2) is 8.78 Å². The monoisotopic (exact) mass is 212 g/mol. The summed E-state index contributed by atoms with van der Waals surface area (Å²) in [6, 6.07) is 3.47. The van der Waals surface area contributed by atoms with Gasteiger partial charge >= 0.3 is 0 Å². The van der Waals surface area contributed by atoms with Crippen molar-refractivity contribution in [3.63, 3.8) is 0 Å². The Bertz CT molecular complexity index is 395.